The predicted molar refractivity (Wildman–Crippen MR) is 113 cm³/mol. The molecule has 3 N–H and O–H groups in total. The average molecular weight is 403 g/mol. The second kappa shape index (κ2) is 7.27. The first kappa shape index (κ1) is 18.3. The number of nitrogens with one attached hydrogen (secondary N) is 1. The van der Waals surface area contributed by atoms with E-state index in [4.69, 9.17) is 15.6 Å². The number of H-pyrrole nitrogens is 1. The maximum atomic E-state index is 11.7. The molecule has 30 heavy (non-hydrogen) atoms. The van der Waals surface area contributed by atoms with Crippen molar-refractivity contribution in [2.75, 3.05) is 31.2 Å². The highest BCUT2D eigenvalue weighted by atomic mass is 16.5. The molecule has 0 unspecified atom stereocenters. The fourth-order valence-corrected chi connectivity index (χ4v) is 3.66. The first-order valence-corrected chi connectivity index (χ1v) is 9.75. The minimum atomic E-state index is -0.622. The number of aromatic nitrogens is 5. The van der Waals surface area contributed by atoms with E-state index in [1.54, 1.807) is 4.68 Å². The third-order valence-corrected chi connectivity index (χ3v) is 5.15. The summed E-state index contributed by atoms with van der Waals surface area (Å²) < 4.78 is 7.20. The van der Waals surface area contributed by atoms with Crippen LogP contribution in [-0.2, 0) is 4.74 Å². The van der Waals surface area contributed by atoms with Gasteiger partial charge in [0.15, 0.2) is 17.3 Å². The Labute approximate surface area is 172 Å². The number of fused-ring (bicyclic) bond motifs is 1. The van der Waals surface area contributed by atoms with Gasteiger partial charge in [0.2, 0.25) is 0 Å². The number of primary amides is 1. The summed E-state index contributed by atoms with van der Waals surface area (Å²) in [4.78, 5) is 25.8. The van der Waals surface area contributed by atoms with Gasteiger partial charge in [-0.1, -0.05) is 23.8 Å². The molecule has 152 valence electrons. The van der Waals surface area contributed by atoms with E-state index >= 15 is 0 Å². The quantitative estimate of drug-likeness (QED) is 0.539. The summed E-state index contributed by atoms with van der Waals surface area (Å²) in [6.07, 6.45) is 1.87. The molecule has 3 aromatic heterocycles. The van der Waals surface area contributed by atoms with Crippen molar-refractivity contribution < 1.29 is 9.53 Å². The number of ether oxygens (including phenoxy) is 1. The molecule has 5 rings (SSSR count). The monoisotopic (exact) mass is 403 g/mol. The number of nitrogens with two attached hydrogens (primary N) is 1. The number of rotatable bonds is 4. The Balaban J connectivity index is 1.61. The number of nitrogens with zero attached hydrogens (tertiary/aromatic N) is 5. The third kappa shape index (κ3) is 3.29. The number of carbonyl (C=O) groups is 1. The average Bonchev–Trinajstić information content (AvgIpc) is 3.41. The molecule has 1 saturated heterocycles. The van der Waals surface area contributed by atoms with Crippen molar-refractivity contribution in [2.24, 2.45) is 5.73 Å². The maximum absolute atomic E-state index is 11.7. The maximum Gasteiger partial charge on any atom is 0.284 e. The number of carbonyl (C=O) groups excluding carboxylic acids is 1. The summed E-state index contributed by atoms with van der Waals surface area (Å²) in [5.74, 6) is 0.0822. The largest absolute Gasteiger partial charge is 0.378 e. The van der Waals surface area contributed by atoms with Gasteiger partial charge in [-0.25, -0.2) is 14.6 Å². The molecule has 9 nitrogen and oxygen atoms in total. The lowest BCUT2D eigenvalue weighted by molar-refractivity contribution is 0.0991. The molecular formula is C21H21N7O2. The van der Waals surface area contributed by atoms with E-state index in [1.807, 2.05) is 30.5 Å². The topological polar surface area (TPSA) is 115 Å². The van der Waals surface area contributed by atoms with Crippen LogP contribution in [-0.4, -0.2) is 56.9 Å². The number of aryl methyl sites for hydroxylation is 1. The van der Waals surface area contributed by atoms with Gasteiger partial charge in [0.05, 0.1) is 24.6 Å². The zero-order valence-electron chi connectivity index (χ0n) is 16.5. The van der Waals surface area contributed by atoms with Crippen LogP contribution in [0.15, 0.2) is 42.6 Å². The fourth-order valence-electron chi connectivity index (χ4n) is 3.66. The normalized spacial score (nSPS) is 14.4. The van der Waals surface area contributed by atoms with Gasteiger partial charge in [-0.15, -0.1) is 0 Å². The van der Waals surface area contributed by atoms with Crippen molar-refractivity contribution in [3.63, 3.8) is 0 Å². The van der Waals surface area contributed by atoms with E-state index < -0.39 is 5.91 Å². The van der Waals surface area contributed by atoms with Crippen LogP contribution < -0.4 is 10.6 Å². The lowest BCUT2D eigenvalue weighted by Crippen LogP contribution is -2.36. The van der Waals surface area contributed by atoms with Crippen molar-refractivity contribution in [3.8, 4) is 17.1 Å². The zero-order valence-corrected chi connectivity index (χ0v) is 16.5. The van der Waals surface area contributed by atoms with Crippen LogP contribution >= 0.6 is 0 Å². The highest BCUT2D eigenvalue weighted by molar-refractivity contribution is 5.95. The molecule has 9 heteroatoms. The lowest BCUT2D eigenvalue weighted by atomic mass is 10.1. The number of aromatic amines is 1. The van der Waals surface area contributed by atoms with Crippen molar-refractivity contribution in [1.82, 2.24) is 24.7 Å². The van der Waals surface area contributed by atoms with Crippen molar-refractivity contribution in [2.45, 2.75) is 6.92 Å². The standard InChI is InChI=1S/C21H21N7O2/c1-13-3-2-4-14(11-13)15-5-6-28(26-15)17-12-16(27-7-9-30-10-8-27)18-20(23-17)25-21(24-18)19(22)29/h2-6,11-12H,7-10H2,1H3,(H2,22,29)(H,23,24,25). The fraction of sp³-hybridized carbons (Fsp3) is 0.238. The van der Waals surface area contributed by atoms with Gasteiger partial charge in [-0.05, 0) is 19.1 Å². The highest BCUT2D eigenvalue weighted by Crippen LogP contribution is 2.28. The van der Waals surface area contributed by atoms with Crippen LogP contribution in [0.1, 0.15) is 16.2 Å². The summed E-state index contributed by atoms with van der Waals surface area (Å²) in [5, 5.41) is 4.71. The van der Waals surface area contributed by atoms with Gasteiger partial charge in [0, 0.05) is 30.9 Å². The van der Waals surface area contributed by atoms with Crippen LogP contribution in [0.25, 0.3) is 28.2 Å². The minimum Gasteiger partial charge on any atom is -0.378 e. The molecule has 0 atom stereocenters. The first-order chi connectivity index (χ1) is 14.6. The van der Waals surface area contributed by atoms with Crippen LogP contribution in [0.2, 0.25) is 0 Å². The summed E-state index contributed by atoms with van der Waals surface area (Å²) in [6, 6.07) is 12.1. The number of pyridine rings is 1. The van der Waals surface area contributed by atoms with Gasteiger partial charge in [-0.2, -0.15) is 5.10 Å². The molecule has 4 aromatic rings. The smallest absolute Gasteiger partial charge is 0.284 e. The van der Waals surface area contributed by atoms with Crippen LogP contribution in [0.3, 0.4) is 0 Å². The number of benzene rings is 1. The second-order valence-electron chi connectivity index (χ2n) is 7.26. The Hall–Kier alpha value is -3.72. The SMILES string of the molecule is Cc1cccc(-c2ccn(-c3cc(N4CCOCC4)c4[nH]c(C(N)=O)nc4n3)n2)c1. The predicted octanol–water partition coefficient (Wildman–Crippen LogP) is 2.05. The molecule has 0 bridgehead atoms. The minimum absolute atomic E-state index is 0.0880. The highest BCUT2D eigenvalue weighted by Gasteiger charge is 2.20. The van der Waals surface area contributed by atoms with Crippen molar-refractivity contribution >= 4 is 22.8 Å². The molecule has 1 fully saturated rings. The van der Waals surface area contributed by atoms with Crippen LogP contribution in [0, 0.1) is 6.92 Å². The van der Waals surface area contributed by atoms with Gasteiger partial charge < -0.3 is 20.4 Å². The van der Waals surface area contributed by atoms with Crippen molar-refractivity contribution in [1.29, 1.82) is 0 Å². The number of hydrogen-bond acceptors (Lipinski definition) is 6. The Kier molecular flexibility index (Phi) is 4.44. The summed E-state index contributed by atoms with van der Waals surface area (Å²) in [7, 11) is 0. The van der Waals surface area contributed by atoms with E-state index in [0.29, 0.717) is 30.2 Å². The van der Waals surface area contributed by atoms with E-state index in [-0.39, 0.29) is 5.82 Å². The van der Waals surface area contributed by atoms with E-state index in [1.165, 1.54) is 5.56 Å². The number of morpholine rings is 1. The third-order valence-electron chi connectivity index (χ3n) is 5.15. The van der Waals surface area contributed by atoms with Gasteiger partial charge in [0.1, 0.15) is 5.52 Å². The van der Waals surface area contributed by atoms with Gasteiger partial charge in [0.25, 0.3) is 5.91 Å². The molecule has 0 saturated carbocycles. The number of anilines is 1. The Bertz CT molecular complexity index is 1240. The van der Waals surface area contributed by atoms with E-state index in [0.717, 1.165) is 30.0 Å². The number of amides is 1. The number of imidazole rings is 1. The Morgan fingerprint density at radius 3 is 2.77 bits per heavy atom. The summed E-state index contributed by atoms with van der Waals surface area (Å²) in [6.45, 7) is 4.79. The molecular weight excluding hydrogens is 382 g/mol. The summed E-state index contributed by atoms with van der Waals surface area (Å²) in [5.41, 5.74) is 10.5. The van der Waals surface area contributed by atoms with Gasteiger partial charge in [-0.3, -0.25) is 4.79 Å². The molecule has 4 heterocycles. The molecule has 1 aliphatic rings. The molecule has 1 amide bonds. The first-order valence-electron chi connectivity index (χ1n) is 9.75. The Morgan fingerprint density at radius 1 is 1.17 bits per heavy atom. The molecule has 0 aliphatic carbocycles. The van der Waals surface area contributed by atoms with E-state index in [2.05, 4.69) is 38.9 Å². The second-order valence-corrected chi connectivity index (χ2v) is 7.26. The van der Waals surface area contributed by atoms with Crippen LogP contribution in [0.4, 0.5) is 5.69 Å². The molecule has 0 radical (unpaired) electrons. The van der Waals surface area contributed by atoms with E-state index in [9.17, 15) is 4.79 Å². The van der Waals surface area contributed by atoms with Crippen molar-refractivity contribution in [3.05, 3.63) is 54.0 Å². The molecule has 0 spiro atoms. The summed E-state index contributed by atoms with van der Waals surface area (Å²) >= 11 is 0. The molecule has 1 aromatic carbocycles. The Morgan fingerprint density at radius 2 is 2.00 bits per heavy atom. The molecule has 1 aliphatic heterocycles. The zero-order chi connectivity index (χ0) is 20.7. The van der Waals surface area contributed by atoms with Gasteiger partial charge >= 0.3 is 0 Å². The lowest BCUT2D eigenvalue weighted by Gasteiger charge is -2.29. The number of hydrogen-bond donors (Lipinski definition) is 2. The van der Waals surface area contributed by atoms with Crippen LogP contribution in [0.5, 0.6) is 0 Å².